The van der Waals surface area contributed by atoms with Gasteiger partial charge in [0.25, 0.3) is 11.5 Å². The number of carbonyl (C=O) groups is 1. The van der Waals surface area contributed by atoms with Crippen molar-refractivity contribution in [3.8, 4) is 22.5 Å². The zero-order valence-corrected chi connectivity index (χ0v) is 14.5. The highest BCUT2D eigenvalue weighted by Gasteiger charge is 2.19. The third kappa shape index (κ3) is 3.19. The third-order valence-corrected chi connectivity index (χ3v) is 3.97. The number of nitrogen functional groups attached to an aromatic ring is 1. The molecule has 0 spiro atoms. The number of rotatable bonds is 4. The van der Waals surface area contributed by atoms with Gasteiger partial charge in [0.1, 0.15) is 0 Å². The van der Waals surface area contributed by atoms with Gasteiger partial charge in [-0.2, -0.15) is 0 Å². The summed E-state index contributed by atoms with van der Waals surface area (Å²) < 4.78 is 1.59. The molecule has 7 heteroatoms. The molecule has 26 heavy (non-hydrogen) atoms. The first kappa shape index (κ1) is 17.3. The quantitative estimate of drug-likeness (QED) is 0.749. The molecule has 3 aromatic rings. The van der Waals surface area contributed by atoms with Crippen molar-refractivity contribution < 1.29 is 4.79 Å². The van der Waals surface area contributed by atoms with E-state index in [9.17, 15) is 9.59 Å². The van der Waals surface area contributed by atoms with Gasteiger partial charge in [-0.25, -0.2) is 9.97 Å². The Hall–Kier alpha value is -3.48. The summed E-state index contributed by atoms with van der Waals surface area (Å²) in [6.45, 7) is 3.82. The van der Waals surface area contributed by atoms with Crippen LogP contribution < -0.4 is 17.0 Å². The van der Waals surface area contributed by atoms with Crippen LogP contribution in [0, 0.1) is 0 Å². The van der Waals surface area contributed by atoms with E-state index in [1.165, 1.54) is 6.07 Å². The highest BCUT2D eigenvalue weighted by Crippen LogP contribution is 2.30. The Balaban J connectivity index is 2.32. The fraction of sp³-hybridized carbons (Fsp3) is 0.158. The van der Waals surface area contributed by atoms with Crippen LogP contribution in [-0.2, 0) is 0 Å². The van der Waals surface area contributed by atoms with Gasteiger partial charge >= 0.3 is 0 Å². The summed E-state index contributed by atoms with van der Waals surface area (Å²) in [5.74, 6) is -0.787. The fourth-order valence-corrected chi connectivity index (χ4v) is 2.68. The molecule has 132 valence electrons. The largest absolute Gasteiger partial charge is 0.382 e. The molecule has 0 atom stereocenters. The molecule has 1 amide bonds. The number of nitrogens with two attached hydrogens (primary N) is 2. The minimum atomic E-state index is -0.756. The van der Waals surface area contributed by atoms with Crippen molar-refractivity contribution in [3.63, 3.8) is 0 Å². The first-order valence-electron chi connectivity index (χ1n) is 8.13. The lowest BCUT2D eigenvalue weighted by Crippen LogP contribution is -2.21. The minimum Gasteiger partial charge on any atom is -0.382 e. The van der Waals surface area contributed by atoms with Crippen molar-refractivity contribution in [3.05, 3.63) is 64.7 Å². The minimum absolute atomic E-state index is 0.0278. The van der Waals surface area contributed by atoms with E-state index in [1.54, 1.807) is 16.8 Å². The number of pyridine rings is 1. The first-order chi connectivity index (χ1) is 12.4. The van der Waals surface area contributed by atoms with Crippen molar-refractivity contribution in [1.82, 2.24) is 14.5 Å². The van der Waals surface area contributed by atoms with Gasteiger partial charge < -0.3 is 16.0 Å². The Labute approximate surface area is 150 Å². The number of carbonyl (C=O) groups excluding carboxylic acids is 1. The van der Waals surface area contributed by atoms with Crippen LogP contribution in [-0.4, -0.2) is 20.4 Å². The van der Waals surface area contributed by atoms with Gasteiger partial charge in [-0.15, -0.1) is 0 Å². The smallest absolute Gasteiger partial charge is 0.271 e. The molecule has 0 saturated carbocycles. The highest BCUT2D eigenvalue weighted by atomic mass is 16.1. The molecule has 0 aliphatic carbocycles. The van der Waals surface area contributed by atoms with Crippen LogP contribution in [0.1, 0.15) is 30.4 Å². The maximum Gasteiger partial charge on any atom is 0.271 e. The van der Waals surface area contributed by atoms with E-state index in [-0.39, 0.29) is 23.1 Å². The topological polar surface area (TPSA) is 117 Å². The summed E-state index contributed by atoms with van der Waals surface area (Å²) >= 11 is 0. The van der Waals surface area contributed by atoms with Crippen molar-refractivity contribution in [2.75, 3.05) is 5.73 Å². The number of primary amides is 1. The van der Waals surface area contributed by atoms with Crippen LogP contribution in [0.25, 0.3) is 22.5 Å². The van der Waals surface area contributed by atoms with Gasteiger partial charge in [-0.05, 0) is 19.9 Å². The molecular weight excluding hydrogens is 330 g/mol. The first-order valence-corrected chi connectivity index (χ1v) is 8.13. The SMILES string of the molecule is CC(C)n1cc(-c2nc(C(N)=O)c(N)nc2-c2ccccc2)ccc1=O. The van der Waals surface area contributed by atoms with Crippen LogP contribution in [0.15, 0.2) is 53.5 Å². The summed E-state index contributed by atoms with van der Waals surface area (Å²) in [6, 6.07) is 12.5. The molecule has 3 rings (SSSR count). The van der Waals surface area contributed by atoms with Gasteiger partial charge in [0.2, 0.25) is 0 Å². The Morgan fingerprint density at radius 3 is 2.27 bits per heavy atom. The fourth-order valence-electron chi connectivity index (χ4n) is 2.68. The number of hydrogen-bond donors (Lipinski definition) is 2. The standard InChI is InChI=1S/C19H19N5O2/c1-11(2)24-10-13(8-9-14(24)25)16-15(12-6-4-3-5-7-12)23-18(20)17(22-16)19(21)26/h3-11H,1-2H3,(H2,20,23)(H2,21,26). The molecule has 0 unspecified atom stereocenters. The average molecular weight is 349 g/mol. The van der Waals surface area contributed by atoms with Gasteiger partial charge in [-0.1, -0.05) is 30.3 Å². The van der Waals surface area contributed by atoms with E-state index in [2.05, 4.69) is 9.97 Å². The second-order valence-corrected chi connectivity index (χ2v) is 6.14. The van der Waals surface area contributed by atoms with Gasteiger partial charge in [-0.3, -0.25) is 9.59 Å². The molecule has 0 aliphatic heterocycles. The van der Waals surface area contributed by atoms with Crippen molar-refractivity contribution in [2.24, 2.45) is 5.73 Å². The Morgan fingerprint density at radius 2 is 1.65 bits per heavy atom. The van der Waals surface area contributed by atoms with Crippen LogP contribution >= 0.6 is 0 Å². The highest BCUT2D eigenvalue weighted by molar-refractivity contribution is 5.96. The second kappa shape index (κ2) is 6.79. The number of hydrogen-bond acceptors (Lipinski definition) is 5. The zero-order valence-electron chi connectivity index (χ0n) is 14.5. The summed E-state index contributed by atoms with van der Waals surface area (Å²) in [6.07, 6.45) is 1.70. The molecule has 0 saturated heterocycles. The lowest BCUT2D eigenvalue weighted by Gasteiger charge is -2.14. The third-order valence-electron chi connectivity index (χ3n) is 3.97. The lowest BCUT2D eigenvalue weighted by atomic mass is 10.0. The number of anilines is 1. The number of aromatic nitrogens is 3. The Morgan fingerprint density at radius 1 is 1.00 bits per heavy atom. The summed E-state index contributed by atoms with van der Waals surface area (Å²) in [7, 11) is 0. The number of amides is 1. The summed E-state index contributed by atoms with van der Waals surface area (Å²) in [5.41, 5.74) is 13.4. The molecule has 0 fully saturated rings. The second-order valence-electron chi connectivity index (χ2n) is 6.14. The van der Waals surface area contributed by atoms with Crippen LogP contribution in [0.4, 0.5) is 5.82 Å². The predicted octanol–water partition coefficient (Wildman–Crippen LogP) is 2.23. The summed E-state index contributed by atoms with van der Waals surface area (Å²) in [4.78, 5) is 32.5. The number of benzene rings is 1. The maximum absolute atomic E-state index is 12.1. The van der Waals surface area contributed by atoms with Crippen molar-refractivity contribution in [1.29, 1.82) is 0 Å². The Kier molecular flexibility index (Phi) is 4.53. The van der Waals surface area contributed by atoms with E-state index >= 15 is 0 Å². The zero-order chi connectivity index (χ0) is 18.8. The monoisotopic (exact) mass is 349 g/mol. The molecular formula is C19H19N5O2. The molecule has 4 N–H and O–H groups in total. The van der Waals surface area contributed by atoms with E-state index in [0.717, 1.165) is 5.56 Å². The van der Waals surface area contributed by atoms with Crippen LogP contribution in [0.5, 0.6) is 0 Å². The molecule has 2 heterocycles. The number of nitrogens with zero attached hydrogens (tertiary/aromatic N) is 3. The molecule has 7 nitrogen and oxygen atoms in total. The van der Waals surface area contributed by atoms with Gasteiger partial charge in [0.15, 0.2) is 11.5 Å². The molecule has 0 bridgehead atoms. The molecule has 1 aromatic carbocycles. The molecule has 0 aliphatic rings. The summed E-state index contributed by atoms with van der Waals surface area (Å²) in [5, 5.41) is 0. The van der Waals surface area contributed by atoms with Crippen LogP contribution in [0.3, 0.4) is 0 Å². The van der Waals surface area contributed by atoms with Gasteiger partial charge in [0, 0.05) is 29.4 Å². The van der Waals surface area contributed by atoms with Gasteiger partial charge in [0.05, 0.1) is 11.4 Å². The van der Waals surface area contributed by atoms with E-state index in [4.69, 9.17) is 11.5 Å². The average Bonchev–Trinajstić information content (AvgIpc) is 2.62. The Bertz CT molecular complexity index is 1030. The van der Waals surface area contributed by atoms with Crippen LogP contribution in [0.2, 0.25) is 0 Å². The maximum atomic E-state index is 12.1. The molecule has 2 aromatic heterocycles. The lowest BCUT2D eigenvalue weighted by molar-refractivity contribution is 0.0996. The predicted molar refractivity (Wildman–Crippen MR) is 100 cm³/mol. The molecule has 0 radical (unpaired) electrons. The van der Waals surface area contributed by atoms with Crippen molar-refractivity contribution >= 4 is 11.7 Å². The normalized spacial score (nSPS) is 10.9. The van der Waals surface area contributed by atoms with E-state index < -0.39 is 5.91 Å². The van der Waals surface area contributed by atoms with E-state index in [0.29, 0.717) is 17.0 Å². The van der Waals surface area contributed by atoms with E-state index in [1.807, 2.05) is 44.2 Å². The van der Waals surface area contributed by atoms with Crippen molar-refractivity contribution in [2.45, 2.75) is 19.9 Å².